The van der Waals surface area contributed by atoms with Crippen LogP contribution in [0.25, 0.3) is 0 Å². The molecule has 0 spiro atoms. The molecule has 0 heterocycles. The van der Waals surface area contributed by atoms with E-state index in [0.29, 0.717) is 25.7 Å². The van der Waals surface area contributed by atoms with Crippen molar-refractivity contribution in [2.45, 2.75) is 323 Å². The number of hydrogen-bond donors (Lipinski definition) is 3. The Balaban J connectivity index is 5.28. The van der Waals surface area contributed by atoms with Crippen LogP contribution in [0.2, 0.25) is 0 Å². The summed E-state index contributed by atoms with van der Waals surface area (Å²) in [5, 5.41) is 10.5. The summed E-state index contributed by atoms with van der Waals surface area (Å²) in [6.07, 6.45) is 43.9. The van der Waals surface area contributed by atoms with E-state index >= 15 is 0 Å². The number of carbonyl (C=O) groups is 4. The lowest BCUT2D eigenvalue weighted by Gasteiger charge is -2.21. The maximum absolute atomic E-state index is 13.0. The number of unbranched alkanes of at least 4 members (excludes halogenated alkanes) is 28. The molecule has 0 aromatic rings. The molecule has 85 heavy (non-hydrogen) atoms. The quantitative estimate of drug-likeness (QED) is 0.0169. The predicted octanol–water partition coefficient (Wildman–Crippen LogP) is 18.0. The van der Waals surface area contributed by atoms with Crippen LogP contribution in [-0.2, 0) is 65.4 Å². The first-order valence-corrected chi connectivity index (χ1v) is 36.9. The van der Waals surface area contributed by atoms with Crippen LogP contribution in [0.1, 0.15) is 305 Å². The summed E-state index contributed by atoms with van der Waals surface area (Å²) < 4.78 is 68.0. The Bertz CT molecular complexity index is 1760. The third-order valence-electron chi connectivity index (χ3n) is 15.3. The van der Waals surface area contributed by atoms with E-state index in [9.17, 15) is 43.2 Å². The molecule has 19 heteroatoms. The fraction of sp³-hybridized carbons (Fsp3) is 0.879. The van der Waals surface area contributed by atoms with Crippen LogP contribution in [0.5, 0.6) is 0 Å². The topological polar surface area (TPSA) is 237 Å². The number of phosphoric ester groups is 2. The number of carbonyl (C=O) groups excluding carboxylic acids is 4. The molecule has 0 saturated carbocycles. The normalized spacial score (nSPS) is 15.1. The van der Waals surface area contributed by atoms with E-state index in [-0.39, 0.29) is 25.7 Å². The lowest BCUT2D eigenvalue weighted by atomic mass is 10.00. The van der Waals surface area contributed by atoms with Crippen molar-refractivity contribution < 1.29 is 80.2 Å². The van der Waals surface area contributed by atoms with Gasteiger partial charge in [-0.3, -0.25) is 37.3 Å². The van der Waals surface area contributed by atoms with E-state index in [1.165, 1.54) is 103 Å². The van der Waals surface area contributed by atoms with Gasteiger partial charge >= 0.3 is 39.5 Å². The van der Waals surface area contributed by atoms with E-state index in [0.717, 1.165) is 121 Å². The molecular formula is C66H124O17P2. The van der Waals surface area contributed by atoms with Gasteiger partial charge in [0, 0.05) is 25.7 Å². The highest BCUT2D eigenvalue weighted by Crippen LogP contribution is 2.45. The first-order valence-electron chi connectivity index (χ1n) is 33.9. The fourth-order valence-corrected chi connectivity index (χ4v) is 10.9. The molecule has 4 unspecified atom stereocenters. The molecule has 0 radical (unpaired) electrons. The summed E-state index contributed by atoms with van der Waals surface area (Å²) in [5.74, 6) is -0.720. The summed E-state index contributed by atoms with van der Waals surface area (Å²) in [6.45, 7) is 9.34. The van der Waals surface area contributed by atoms with E-state index in [2.05, 4.69) is 65.8 Å². The number of hydrogen-bond acceptors (Lipinski definition) is 15. The Morgan fingerprint density at radius 3 is 1.00 bits per heavy atom. The highest BCUT2D eigenvalue weighted by molar-refractivity contribution is 7.47. The van der Waals surface area contributed by atoms with Gasteiger partial charge in [0.25, 0.3) is 0 Å². The van der Waals surface area contributed by atoms with E-state index in [4.69, 9.17) is 37.0 Å². The second-order valence-corrected chi connectivity index (χ2v) is 26.6. The van der Waals surface area contributed by atoms with Crippen molar-refractivity contribution in [3.05, 3.63) is 24.3 Å². The van der Waals surface area contributed by atoms with Gasteiger partial charge in [-0.2, -0.15) is 0 Å². The van der Waals surface area contributed by atoms with Gasteiger partial charge in [-0.25, -0.2) is 9.13 Å². The molecule has 0 bridgehead atoms. The minimum absolute atomic E-state index is 0.0837. The van der Waals surface area contributed by atoms with E-state index < -0.39 is 97.5 Å². The van der Waals surface area contributed by atoms with E-state index in [1.54, 1.807) is 0 Å². The summed E-state index contributed by atoms with van der Waals surface area (Å²) in [4.78, 5) is 72.3. The van der Waals surface area contributed by atoms with Crippen LogP contribution in [0, 0.1) is 11.8 Å². The number of allylic oxidation sites excluding steroid dienone is 4. The zero-order valence-electron chi connectivity index (χ0n) is 54.4. The van der Waals surface area contributed by atoms with E-state index in [1.807, 2.05) is 0 Å². The number of aliphatic hydroxyl groups is 1. The molecule has 0 saturated heterocycles. The van der Waals surface area contributed by atoms with Gasteiger partial charge < -0.3 is 33.8 Å². The molecule has 0 aromatic heterocycles. The number of esters is 4. The monoisotopic (exact) mass is 1250 g/mol. The van der Waals surface area contributed by atoms with Crippen molar-refractivity contribution in [1.29, 1.82) is 0 Å². The molecule has 0 rings (SSSR count). The molecule has 500 valence electrons. The summed E-state index contributed by atoms with van der Waals surface area (Å²) in [7, 11) is -9.90. The Kier molecular flexibility index (Phi) is 56.3. The van der Waals surface area contributed by atoms with Crippen molar-refractivity contribution in [3.63, 3.8) is 0 Å². The Hall–Kier alpha value is -2.46. The lowest BCUT2D eigenvalue weighted by molar-refractivity contribution is -0.161. The van der Waals surface area contributed by atoms with Crippen molar-refractivity contribution in [1.82, 2.24) is 0 Å². The standard InChI is InChI=1S/C66H124O17P2/c1-7-11-13-15-17-19-21-22-23-24-25-27-29-38-44-50-65(70)82-61(55-77-64(69)49-43-37-32-30-34-40-46-58(5)9-3)56-80-84(72,73)78-52-60(67)53-79-85(74,75)81-57-62(83-66(71)51-45-39-33-31-35-41-47-59(6)10-4)54-76-63(68)48-42-36-28-26-20-18-16-14-12-8-2/h19,21-23,58-62,67H,7-18,20,24-57H2,1-6H3,(H,72,73)(H,74,75)/b21-19-,23-22-/t58?,59?,60-,61-,62-/m1/s1. The van der Waals surface area contributed by atoms with Gasteiger partial charge in [0.15, 0.2) is 12.2 Å². The SMILES string of the molecule is CCCCCC/C=C\C=C/CCCCCCCC(=O)O[C@H](COC(=O)CCCCCCCCC(C)CC)COP(=O)(O)OC[C@@H](O)COP(=O)(O)OC[C@@H](COC(=O)CCCCCCCCCCCC)OC(=O)CCCCCCCCC(C)CC. The Morgan fingerprint density at radius 1 is 0.376 bits per heavy atom. The Labute approximate surface area is 516 Å². The molecule has 0 aliphatic rings. The maximum Gasteiger partial charge on any atom is 0.472 e. The summed E-state index contributed by atoms with van der Waals surface area (Å²) in [5.41, 5.74) is 0. The van der Waals surface area contributed by atoms with Crippen LogP contribution in [0.4, 0.5) is 0 Å². The van der Waals surface area contributed by atoms with Crippen molar-refractivity contribution in [2.24, 2.45) is 11.8 Å². The average molecular weight is 1250 g/mol. The largest absolute Gasteiger partial charge is 0.472 e. The number of phosphoric acid groups is 2. The van der Waals surface area contributed by atoms with Gasteiger partial charge in [0.05, 0.1) is 26.4 Å². The zero-order valence-corrected chi connectivity index (χ0v) is 56.2. The molecule has 0 fully saturated rings. The molecule has 17 nitrogen and oxygen atoms in total. The number of aliphatic hydroxyl groups excluding tert-OH is 1. The minimum atomic E-state index is -4.96. The first kappa shape index (κ1) is 82.5. The lowest BCUT2D eigenvalue weighted by Crippen LogP contribution is -2.30. The van der Waals surface area contributed by atoms with Gasteiger partial charge in [-0.15, -0.1) is 0 Å². The molecule has 3 N–H and O–H groups in total. The summed E-state index contributed by atoms with van der Waals surface area (Å²) >= 11 is 0. The fourth-order valence-electron chi connectivity index (χ4n) is 9.28. The maximum atomic E-state index is 13.0. The minimum Gasteiger partial charge on any atom is -0.462 e. The van der Waals surface area contributed by atoms with Crippen LogP contribution >= 0.6 is 15.6 Å². The van der Waals surface area contributed by atoms with Gasteiger partial charge in [0.1, 0.15) is 19.3 Å². The second-order valence-electron chi connectivity index (χ2n) is 23.7. The van der Waals surface area contributed by atoms with Crippen LogP contribution < -0.4 is 0 Å². The number of rotatable bonds is 63. The average Bonchev–Trinajstić information content (AvgIpc) is 3.64. The molecule has 0 aliphatic carbocycles. The number of ether oxygens (including phenoxy) is 4. The predicted molar refractivity (Wildman–Crippen MR) is 340 cm³/mol. The summed E-state index contributed by atoms with van der Waals surface area (Å²) in [6, 6.07) is 0. The molecular weight excluding hydrogens is 1130 g/mol. The van der Waals surface area contributed by atoms with Crippen molar-refractivity contribution in [2.75, 3.05) is 39.6 Å². The first-order chi connectivity index (χ1) is 40.9. The zero-order chi connectivity index (χ0) is 62.9. The Morgan fingerprint density at radius 2 is 0.659 bits per heavy atom. The highest BCUT2D eigenvalue weighted by Gasteiger charge is 2.30. The highest BCUT2D eigenvalue weighted by atomic mass is 31.2. The third-order valence-corrected chi connectivity index (χ3v) is 17.2. The van der Waals surface area contributed by atoms with Crippen LogP contribution in [-0.4, -0.2) is 96.7 Å². The molecule has 0 amide bonds. The van der Waals surface area contributed by atoms with Gasteiger partial charge in [0.2, 0.25) is 0 Å². The van der Waals surface area contributed by atoms with Crippen molar-refractivity contribution in [3.8, 4) is 0 Å². The van der Waals surface area contributed by atoms with Gasteiger partial charge in [-0.1, -0.05) is 252 Å². The van der Waals surface area contributed by atoms with Crippen LogP contribution in [0.3, 0.4) is 0 Å². The van der Waals surface area contributed by atoms with Gasteiger partial charge in [-0.05, 0) is 63.2 Å². The van der Waals surface area contributed by atoms with Crippen molar-refractivity contribution >= 4 is 39.5 Å². The molecule has 7 atom stereocenters. The smallest absolute Gasteiger partial charge is 0.462 e. The molecule has 0 aliphatic heterocycles. The van der Waals surface area contributed by atoms with Crippen LogP contribution in [0.15, 0.2) is 24.3 Å². The third kappa shape index (κ3) is 57.7. The second kappa shape index (κ2) is 57.9. The molecule has 0 aromatic carbocycles.